The Balaban J connectivity index is 0.00000176. The molecule has 3 aromatic rings. The summed E-state index contributed by atoms with van der Waals surface area (Å²) in [7, 11) is 0. The van der Waals surface area contributed by atoms with E-state index in [1.165, 1.54) is 0 Å². The monoisotopic (exact) mass is 483 g/mol. The number of carbonyl (C=O) groups is 1. The van der Waals surface area contributed by atoms with E-state index in [1.54, 1.807) is 12.4 Å². The van der Waals surface area contributed by atoms with E-state index in [0.29, 0.717) is 5.56 Å². The molecule has 0 saturated heterocycles. The van der Waals surface area contributed by atoms with Gasteiger partial charge in [0.05, 0.1) is 35.1 Å². The van der Waals surface area contributed by atoms with Crippen LogP contribution >= 0.6 is 0 Å². The average molecular weight is 484 g/mol. The highest BCUT2D eigenvalue weighted by Crippen LogP contribution is 2.20. The van der Waals surface area contributed by atoms with Gasteiger partial charge in [-0.2, -0.15) is 0 Å². The molecule has 2 N–H and O–H groups in total. The van der Waals surface area contributed by atoms with E-state index in [9.17, 15) is 4.79 Å². The number of benzene rings is 2. The van der Waals surface area contributed by atoms with Crippen molar-refractivity contribution < 1.29 is 7.65 Å². The minimum Gasteiger partial charge on any atom is -0.363 e. The van der Waals surface area contributed by atoms with Gasteiger partial charge in [-0.25, -0.2) is 0 Å². The average Bonchev–Trinajstić information content (AvgIpc) is 2.91. The highest BCUT2D eigenvalue weighted by Gasteiger charge is 2.15. The zero-order valence-corrected chi connectivity index (χ0v) is 21.5. The van der Waals surface area contributed by atoms with Crippen molar-refractivity contribution in [2.45, 2.75) is 53.1 Å². The molecule has 6 nitrogen and oxygen atoms in total. The molecule has 0 fully saturated rings. The molecule has 1 aliphatic heterocycles. The highest BCUT2D eigenvalue weighted by atomic mass is 16.1. The molecule has 0 spiro atoms. The predicted octanol–water partition coefficient (Wildman–Crippen LogP) is 6.82. The number of pyridine rings is 1. The van der Waals surface area contributed by atoms with Crippen LogP contribution in [0.1, 0.15) is 65.9 Å². The molecule has 188 valence electrons. The number of anilines is 1. The van der Waals surface area contributed by atoms with Crippen LogP contribution < -0.4 is 10.6 Å². The standard InChI is InChI=1S/C28H27N5O.C2H6.2H2/c1-4-5-6-13-25-20(3)32-27(18-30-25)31-19(2)21-11-9-12-24(16-21)33-28(34)23-15-22-10-7-8-14-26(22)29-17-23;1-2;;/h7-20H,4H2,1-3H3,(H,31,32)(H,33,34);1-2H3;2*1H/b25-13+;;;/t19-,20?;;;/m0.../s1. The summed E-state index contributed by atoms with van der Waals surface area (Å²) in [6, 6.07) is 17.3. The fourth-order valence-electron chi connectivity index (χ4n) is 3.60. The Labute approximate surface area is 216 Å². The molecule has 2 heterocycles. The number of aliphatic imine (C=N–C) groups is 2. The maximum Gasteiger partial charge on any atom is 0.257 e. The zero-order chi connectivity index (χ0) is 25.9. The van der Waals surface area contributed by atoms with E-state index < -0.39 is 0 Å². The molecule has 1 aliphatic rings. The summed E-state index contributed by atoms with van der Waals surface area (Å²) in [4.78, 5) is 26.4. The lowest BCUT2D eigenvalue weighted by atomic mass is 10.1. The summed E-state index contributed by atoms with van der Waals surface area (Å²) in [5.41, 5.74) is 3.97. The summed E-state index contributed by atoms with van der Waals surface area (Å²) in [6.07, 6.45) is 5.97. The number of nitrogens with one attached hydrogen (secondary N) is 2. The van der Waals surface area contributed by atoms with Crippen molar-refractivity contribution >= 4 is 34.5 Å². The Morgan fingerprint density at radius 1 is 1.17 bits per heavy atom. The van der Waals surface area contributed by atoms with Crippen molar-refractivity contribution in [2.24, 2.45) is 9.98 Å². The van der Waals surface area contributed by atoms with Gasteiger partial charge in [-0.1, -0.05) is 62.9 Å². The molecule has 1 amide bonds. The van der Waals surface area contributed by atoms with Gasteiger partial charge in [-0.3, -0.25) is 19.8 Å². The van der Waals surface area contributed by atoms with Crippen LogP contribution in [0.25, 0.3) is 10.9 Å². The van der Waals surface area contributed by atoms with E-state index in [1.807, 2.05) is 95.3 Å². The van der Waals surface area contributed by atoms with Gasteiger partial charge in [0.15, 0.2) is 0 Å². The van der Waals surface area contributed by atoms with Crippen molar-refractivity contribution in [3.8, 4) is 11.8 Å². The number of allylic oxidation sites excluding steroid dienone is 1. The summed E-state index contributed by atoms with van der Waals surface area (Å²) >= 11 is 0. The third-order valence-electron chi connectivity index (χ3n) is 5.46. The number of nitrogens with zero attached hydrogens (tertiary/aromatic N) is 3. The summed E-state index contributed by atoms with van der Waals surface area (Å²) in [5.74, 6) is 6.55. The number of para-hydroxylation sites is 1. The lowest BCUT2D eigenvalue weighted by Gasteiger charge is -2.20. The fraction of sp³-hybridized carbons (Fsp3) is 0.267. The van der Waals surface area contributed by atoms with Gasteiger partial charge in [0.1, 0.15) is 5.84 Å². The second-order valence-corrected chi connectivity index (χ2v) is 8.05. The van der Waals surface area contributed by atoms with Crippen LogP contribution in [-0.2, 0) is 0 Å². The van der Waals surface area contributed by atoms with E-state index >= 15 is 0 Å². The van der Waals surface area contributed by atoms with Gasteiger partial charge < -0.3 is 10.6 Å². The molecular formula is C30H37N5O. The van der Waals surface area contributed by atoms with Crippen LogP contribution in [0.2, 0.25) is 0 Å². The number of rotatable bonds is 4. The third-order valence-corrected chi connectivity index (χ3v) is 5.46. The largest absolute Gasteiger partial charge is 0.363 e. The molecule has 2 atom stereocenters. The normalized spacial score (nSPS) is 16.2. The fourth-order valence-corrected chi connectivity index (χ4v) is 3.60. The molecule has 0 aliphatic carbocycles. The number of amides is 1. The Morgan fingerprint density at radius 3 is 2.75 bits per heavy atom. The third kappa shape index (κ3) is 6.89. The molecule has 4 rings (SSSR count). The summed E-state index contributed by atoms with van der Waals surface area (Å²) in [6.45, 7) is 10.1. The van der Waals surface area contributed by atoms with Gasteiger partial charge in [-0.05, 0) is 43.7 Å². The Hall–Kier alpha value is -4.24. The minimum absolute atomic E-state index is 0. The molecule has 0 saturated carbocycles. The molecule has 36 heavy (non-hydrogen) atoms. The smallest absolute Gasteiger partial charge is 0.257 e. The topological polar surface area (TPSA) is 78.7 Å². The Kier molecular flexibility index (Phi) is 9.53. The van der Waals surface area contributed by atoms with Crippen molar-refractivity contribution in [1.29, 1.82) is 0 Å². The van der Waals surface area contributed by atoms with Crippen LogP contribution in [0.5, 0.6) is 0 Å². The molecular weight excluding hydrogens is 446 g/mol. The van der Waals surface area contributed by atoms with Crippen LogP contribution in [0.15, 0.2) is 82.6 Å². The summed E-state index contributed by atoms with van der Waals surface area (Å²) < 4.78 is 0. The van der Waals surface area contributed by atoms with Crippen molar-refractivity contribution in [1.82, 2.24) is 10.3 Å². The number of fused-ring (bicyclic) bond motifs is 1. The quantitative estimate of drug-likeness (QED) is 0.399. The van der Waals surface area contributed by atoms with Gasteiger partial charge in [-0.15, -0.1) is 0 Å². The molecule has 6 heteroatoms. The maximum atomic E-state index is 12.8. The molecule has 1 aromatic heterocycles. The van der Waals surface area contributed by atoms with E-state index in [2.05, 4.69) is 37.4 Å². The Bertz CT molecular complexity index is 1370. The molecule has 0 bridgehead atoms. The Morgan fingerprint density at radius 2 is 1.97 bits per heavy atom. The molecule has 0 radical (unpaired) electrons. The lowest BCUT2D eigenvalue weighted by Crippen LogP contribution is -2.31. The summed E-state index contributed by atoms with van der Waals surface area (Å²) in [5, 5.41) is 7.31. The predicted molar refractivity (Wildman–Crippen MR) is 155 cm³/mol. The lowest BCUT2D eigenvalue weighted by molar-refractivity contribution is 0.102. The first kappa shape index (κ1) is 26.4. The first-order chi connectivity index (χ1) is 17.5. The maximum absolute atomic E-state index is 12.8. The van der Waals surface area contributed by atoms with Crippen molar-refractivity contribution in [3.63, 3.8) is 0 Å². The highest BCUT2D eigenvalue weighted by molar-refractivity contribution is 6.30. The van der Waals surface area contributed by atoms with Gasteiger partial charge >= 0.3 is 0 Å². The first-order valence-electron chi connectivity index (χ1n) is 12.4. The molecule has 1 unspecified atom stereocenters. The van der Waals surface area contributed by atoms with Crippen molar-refractivity contribution in [3.05, 3.63) is 83.7 Å². The van der Waals surface area contributed by atoms with Crippen molar-refractivity contribution in [2.75, 3.05) is 5.32 Å². The first-order valence-corrected chi connectivity index (χ1v) is 12.4. The SMILES string of the molecule is CC.CCC#C/C=C1/N=CC(N[C@@H](C)c2cccc(NC(=O)c3cnc4ccccc4c3)c2)=NC1C.[HH].[HH]. The number of carbonyl (C=O) groups excluding carboxylic acids is 1. The zero-order valence-electron chi connectivity index (χ0n) is 21.5. The van der Waals surface area contributed by atoms with Gasteiger partial charge in [0.25, 0.3) is 5.91 Å². The van der Waals surface area contributed by atoms with Gasteiger partial charge in [0, 0.05) is 32.6 Å². The van der Waals surface area contributed by atoms with Crippen LogP contribution in [-0.4, -0.2) is 29.0 Å². The van der Waals surface area contributed by atoms with E-state index in [-0.39, 0.29) is 20.8 Å². The number of hydrogen-bond acceptors (Lipinski definition) is 5. The minimum atomic E-state index is -0.195. The van der Waals surface area contributed by atoms with E-state index in [0.717, 1.165) is 40.1 Å². The van der Waals surface area contributed by atoms with Gasteiger partial charge in [0.2, 0.25) is 0 Å². The molecule has 2 aromatic carbocycles. The number of hydrogen-bond donors (Lipinski definition) is 2. The van der Waals surface area contributed by atoms with Crippen LogP contribution in [0, 0.1) is 11.8 Å². The van der Waals surface area contributed by atoms with Crippen LogP contribution in [0.3, 0.4) is 0 Å². The number of aromatic nitrogens is 1. The number of amidine groups is 1. The van der Waals surface area contributed by atoms with Crippen LogP contribution in [0.4, 0.5) is 5.69 Å². The second-order valence-electron chi connectivity index (χ2n) is 8.05. The second kappa shape index (κ2) is 13.0. The van der Waals surface area contributed by atoms with E-state index in [4.69, 9.17) is 0 Å².